The first-order chi connectivity index (χ1) is 4.39. The first-order valence-electron chi connectivity index (χ1n) is 4.14. The first-order valence-corrected chi connectivity index (χ1v) is 4.14. The fourth-order valence-corrected chi connectivity index (χ4v) is 3.46. The van der Waals surface area contributed by atoms with Crippen molar-refractivity contribution in [2.24, 2.45) is 17.3 Å². The quantitative estimate of drug-likeness (QED) is 0.499. The average Bonchev–Trinajstić information content (AvgIpc) is 2.60. The summed E-state index contributed by atoms with van der Waals surface area (Å²) < 4.78 is 0. The lowest BCUT2D eigenvalue weighted by molar-refractivity contribution is 0.285. The van der Waals surface area contributed by atoms with Gasteiger partial charge in [-0.25, -0.2) is 0 Å². The average molecular weight is 121 g/mol. The molecule has 0 aromatic carbocycles. The molecule has 2 spiro atoms. The van der Waals surface area contributed by atoms with Crippen LogP contribution in [0.1, 0.15) is 19.3 Å². The normalized spacial score (nSPS) is 80.0. The van der Waals surface area contributed by atoms with Gasteiger partial charge in [0.2, 0.25) is 0 Å². The van der Waals surface area contributed by atoms with Gasteiger partial charge in [-0.2, -0.15) is 0 Å². The fourth-order valence-electron chi connectivity index (χ4n) is 3.46. The summed E-state index contributed by atoms with van der Waals surface area (Å²) in [5.41, 5.74) is 1.69. The van der Waals surface area contributed by atoms with Crippen molar-refractivity contribution in [3.8, 4) is 0 Å². The topological polar surface area (TPSA) is 12.0 Å². The van der Waals surface area contributed by atoms with E-state index >= 15 is 0 Å². The highest BCUT2D eigenvalue weighted by molar-refractivity contribution is 5.45. The highest BCUT2D eigenvalue weighted by Crippen LogP contribution is 2.94. The lowest BCUT2D eigenvalue weighted by atomic mass is 9.96. The van der Waals surface area contributed by atoms with Crippen LogP contribution in [0.25, 0.3) is 0 Å². The molecular weight excluding hydrogens is 110 g/mol. The molecule has 3 aliphatic carbocycles. The molecule has 0 aromatic heterocycles. The molecule has 1 aliphatic heterocycles. The third-order valence-corrected chi connectivity index (χ3v) is 4.38. The maximum atomic E-state index is 3.61. The lowest BCUT2D eigenvalue weighted by Gasteiger charge is -2.30. The molecule has 0 amide bonds. The van der Waals surface area contributed by atoms with Gasteiger partial charge < -0.3 is 5.32 Å². The van der Waals surface area contributed by atoms with Crippen molar-refractivity contribution in [3.63, 3.8) is 0 Å². The van der Waals surface area contributed by atoms with E-state index in [1.54, 1.807) is 12.8 Å². The molecule has 4 fully saturated rings. The number of rotatable bonds is 0. The van der Waals surface area contributed by atoms with E-state index in [0.717, 1.165) is 11.0 Å². The van der Waals surface area contributed by atoms with E-state index in [9.17, 15) is 0 Å². The predicted molar refractivity (Wildman–Crippen MR) is 34.0 cm³/mol. The molecule has 3 unspecified atom stereocenters. The molecule has 0 aromatic rings. The van der Waals surface area contributed by atoms with Gasteiger partial charge in [0.05, 0.1) is 0 Å². The van der Waals surface area contributed by atoms with Crippen molar-refractivity contribution in [1.82, 2.24) is 5.32 Å². The van der Waals surface area contributed by atoms with Crippen LogP contribution in [-0.2, 0) is 0 Å². The first kappa shape index (κ1) is 3.97. The number of hydrogen-bond acceptors (Lipinski definition) is 1. The van der Waals surface area contributed by atoms with Crippen LogP contribution >= 0.6 is 0 Å². The zero-order valence-electron chi connectivity index (χ0n) is 5.48. The van der Waals surface area contributed by atoms with E-state index in [-0.39, 0.29) is 0 Å². The molecule has 1 heterocycles. The van der Waals surface area contributed by atoms with Crippen molar-refractivity contribution in [1.29, 1.82) is 0 Å². The van der Waals surface area contributed by atoms with Crippen LogP contribution < -0.4 is 5.32 Å². The van der Waals surface area contributed by atoms with Gasteiger partial charge in [0.25, 0.3) is 0 Å². The number of fused-ring (bicyclic) bond motifs is 4. The zero-order valence-corrected chi connectivity index (χ0v) is 5.48. The molecule has 0 bridgehead atoms. The highest BCUT2D eigenvalue weighted by atomic mass is 15.2. The summed E-state index contributed by atoms with van der Waals surface area (Å²) in [5, 5.41) is 3.61. The van der Waals surface area contributed by atoms with Crippen LogP contribution in [0.5, 0.6) is 0 Å². The van der Waals surface area contributed by atoms with Gasteiger partial charge in [-0.05, 0) is 43.1 Å². The van der Waals surface area contributed by atoms with E-state index in [4.69, 9.17) is 0 Å². The summed E-state index contributed by atoms with van der Waals surface area (Å²) in [5.74, 6) is 2.43. The Labute approximate surface area is 54.8 Å². The van der Waals surface area contributed by atoms with E-state index < -0.39 is 0 Å². The predicted octanol–water partition coefficient (Wildman–Crippen LogP) is 0.758. The maximum Gasteiger partial charge on any atom is 0.0262 e. The van der Waals surface area contributed by atoms with E-state index in [1.807, 2.05) is 0 Å². The maximum absolute atomic E-state index is 3.61. The summed E-state index contributed by atoms with van der Waals surface area (Å²) in [4.78, 5) is 0. The van der Waals surface area contributed by atoms with Crippen molar-refractivity contribution in [2.75, 3.05) is 6.54 Å². The molecule has 3 saturated carbocycles. The third-order valence-electron chi connectivity index (χ3n) is 4.38. The molecule has 48 valence electrons. The van der Waals surface area contributed by atoms with Gasteiger partial charge in [-0.15, -0.1) is 0 Å². The molecule has 1 nitrogen and oxygen atoms in total. The Bertz CT molecular complexity index is 195. The van der Waals surface area contributed by atoms with Crippen LogP contribution in [0.2, 0.25) is 0 Å². The Balaban J connectivity index is 1.77. The molecule has 1 saturated heterocycles. The van der Waals surface area contributed by atoms with Crippen molar-refractivity contribution < 1.29 is 0 Å². The molecule has 4 aliphatic rings. The van der Waals surface area contributed by atoms with Crippen molar-refractivity contribution >= 4 is 0 Å². The van der Waals surface area contributed by atoms with Crippen LogP contribution in [0.4, 0.5) is 0 Å². The van der Waals surface area contributed by atoms with Gasteiger partial charge in [0.1, 0.15) is 0 Å². The second-order valence-electron chi connectivity index (χ2n) is 4.42. The van der Waals surface area contributed by atoms with Gasteiger partial charge in [-0.1, -0.05) is 0 Å². The Hall–Kier alpha value is -0.0400. The van der Waals surface area contributed by atoms with Crippen LogP contribution in [0.3, 0.4) is 0 Å². The number of nitrogens with one attached hydrogen (secondary N) is 1. The summed E-state index contributed by atoms with van der Waals surface area (Å²) in [6.07, 6.45) is 4.64. The minimum atomic E-state index is 0.751. The molecular formula is C8H11N. The Morgan fingerprint density at radius 1 is 1.33 bits per heavy atom. The second-order valence-corrected chi connectivity index (χ2v) is 4.42. The van der Waals surface area contributed by atoms with Gasteiger partial charge >= 0.3 is 0 Å². The van der Waals surface area contributed by atoms with E-state index in [2.05, 4.69) is 5.32 Å². The summed E-state index contributed by atoms with van der Waals surface area (Å²) in [7, 11) is 0. The monoisotopic (exact) mass is 121 g/mol. The fraction of sp³-hybridized carbons (Fsp3) is 1.00. The summed E-state index contributed by atoms with van der Waals surface area (Å²) in [6, 6.07) is 0. The van der Waals surface area contributed by atoms with E-state index in [0.29, 0.717) is 0 Å². The summed E-state index contributed by atoms with van der Waals surface area (Å²) >= 11 is 0. The van der Waals surface area contributed by atoms with Crippen molar-refractivity contribution in [2.45, 2.75) is 24.8 Å². The molecule has 1 heteroatoms. The van der Waals surface area contributed by atoms with Crippen LogP contribution in [0, 0.1) is 17.3 Å². The zero-order chi connectivity index (χ0) is 5.69. The van der Waals surface area contributed by atoms with E-state index in [1.165, 1.54) is 24.8 Å². The minimum absolute atomic E-state index is 0.751. The smallest absolute Gasteiger partial charge is 0.0262 e. The van der Waals surface area contributed by atoms with Crippen molar-refractivity contribution in [3.05, 3.63) is 0 Å². The van der Waals surface area contributed by atoms with Gasteiger partial charge in [0, 0.05) is 5.54 Å². The Morgan fingerprint density at radius 3 is 2.22 bits per heavy atom. The molecule has 0 radical (unpaired) electrons. The highest BCUT2D eigenvalue weighted by Gasteiger charge is 2.93. The standard InChI is InChI=1S/C8H11N/c1-2-9-7(1)4-8(7)5-3-6(5)8/h5-6,9H,1-4H2. The lowest BCUT2D eigenvalue weighted by Crippen LogP contribution is -2.48. The molecule has 3 atom stereocenters. The third kappa shape index (κ3) is 0.207. The SMILES string of the molecule is C1CC2(CC23C2CC23)N1. The number of hydrogen-bond donors (Lipinski definition) is 1. The van der Waals surface area contributed by atoms with Crippen LogP contribution in [0.15, 0.2) is 0 Å². The second kappa shape index (κ2) is 0.731. The summed E-state index contributed by atoms with van der Waals surface area (Å²) in [6.45, 7) is 1.31. The molecule has 4 rings (SSSR count). The van der Waals surface area contributed by atoms with Gasteiger partial charge in [0.15, 0.2) is 0 Å². The van der Waals surface area contributed by atoms with Crippen LogP contribution in [-0.4, -0.2) is 12.1 Å². The Kier molecular flexibility index (Phi) is 0.323. The Morgan fingerprint density at radius 2 is 2.11 bits per heavy atom. The molecule has 9 heavy (non-hydrogen) atoms. The largest absolute Gasteiger partial charge is 0.311 e. The minimum Gasteiger partial charge on any atom is -0.311 e. The molecule has 1 N–H and O–H groups in total. The van der Waals surface area contributed by atoms with Gasteiger partial charge in [-0.3, -0.25) is 0 Å².